The number of nitrogens with one attached hydrogen (secondary N) is 1. The zero-order valence-corrected chi connectivity index (χ0v) is 10.9. The maximum Gasteiger partial charge on any atom is 0.155 e. The SMILES string of the molecule is Cc1cscc1CNc1nccnc1C(N)=S. The van der Waals surface area contributed by atoms with Crippen molar-refractivity contribution in [3.8, 4) is 0 Å². The standard InChI is InChI=1S/C11H12N4S2/c1-7-5-17-6-8(7)4-15-11-9(10(12)16)13-2-3-14-11/h2-3,5-6H,4H2,1H3,(H2,12,16)(H,14,15). The van der Waals surface area contributed by atoms with Gasteiger partial charge < -0.3 is 11.1 Å². The van der Waals surface area contributed by atoms with Crippen LogP contribution in [-0.2, 0) is 6.54 Å². The van der Waals surface area contributed by atoms with Crippen molar-refractivity contribution in [2.45, 2.75) is 13.5 Å². The largest absolute Gasteiger partial charge is 0.388 e. The van der Waals surface area contributed by atoms with Gasteiger partial charge >= 0.3 is 0 Å². The first-order valence-electron chi connectivity index (χ1n) is 5.05. The first-order valence-corrected chi connectivity index (χ1v) is 6.40. The van der Waals surface area contributed by atoms with Gasteiger partial charge in [-0.1, -0.05) is 12.2 Å². The first-order chi connectivity index (χ1) is 8.18. The summed E-state index contributed by atoms with van der Waals surface area (Å²) in [7, 11) is 0. The van der Waals surface area contributed by atoms with E-state index in [0.29, 0.717) is 18.1 Å². The van der Waals surface area contributed by atoms with Gasteiger partial charge in [-0.25, -0.2) is 9.97 Å². The third-order valence-electron chi connectivity index (χ3n) is 2.34. The molecule has 2 aromatic rings. The highest BCUT2D eigenvalue weighted by Gasteiger charge is 2.07. The molecule has 0 saturated heterocycles. The lowest BCUT2D eigenvalue weighted by atomic mass is 10.2. The van der Waals surface area contributed by atoms with Gasteiger partial charge in [0.2, 0.25) is 0 Å². The molecule has 2 heterocycles. The quantitative estimate of drug-likeness (QED) is 0.828. The Morgan fingerprint density at radius 3 is 2.82 bits per heavy atom. The van der Waals surface area contributed by atoms with Gasteiger partial charge in [-0.2, -0.15) is 11.3 Å². The maximum atomic E-state index is 5.58. The van der Waals surface area contributed by atoms with Crippen molar-refractivity contribution < 1.29 is 0 Å². The molecule has 0 bridgehead atoms. The number of aromatic nitrogens is 2. The Hall–Kier alpha value is -1.53. The maximum absolute atomic E-state index is 5.58. The summed E-state index contributed by atoms with van der Waals surface area (Å²) in [6, 6.07) is 0. The zero-order valence-electron chi connectivity index (χ0n) is 9.30. The van der Waals surface area contributed by atoms with Crippen molar-refractivity contribution in [2.75, 3.05) is 5.32 Å². The van der Waals surface area contributed by atoms with E-state index in [1.54, 1.807) is 23.7 Å². The highest BCUT2D eigenvalue weighted by Crippen LogP contribution is 2.16. The molecule has 0 spiro atoms. The number of thiophene rings is 1. The lowest BCUT2D eigenvalue weighted by Crippen LogP contribution is -2.16. The molecule has 0 aliphatic rings. The summed E-state index contributed by atoms with van der Waals surface area (Å²) < 4.78 is 0. The molecule has 17 heavy (non-hydrogen) atoms. The molecule has 2 rings (SSSR count). The first kappa shape index (κ1) is 11.9. The average Bonchev–Trinajstić information content (AvgIpc) is 2.72. The molecule has 0 saturated carbocycles. The molecule has 6 heteroatoms. The molecule has 4 nitrogen and oxygen atoms in total. The van der Waals surface area contributed by atoms with Crippen LogP contribution in [0.4, 0.5) is 5.82 Å². The van der Waals surface area contributed by atoms with E-state index in [1.807, 2.05) is 0 Å². The fourth-order valence-corrected chi connectivity index (χ4v) is 2.40. The summed E-state index contributed by atoms with van der Waals surface area (Å²) in [4.78, 5) is 8.56. The third kappa shape index (κ3) is 2.78. The molecular weight excluding hydrogens is 252 g/mol. The zero-order chi connectivity index (χ0) is 12.3. The summed E-state index contributed by atoms with van der Waals surface area (Å²) in [5.41, 5.74) is 8.63. The van der Waals surface area contributed by atoms with Crippen LogP contribution in [0.2, 0.25) is 0 Å². The number of nitrogens with zero attached hydrogens (tertiary/aromatic N) is 2. The molecule has 3 N–H and O–H groups in total. The Labute approximate surface area is 109 Å². The van der Waals surface area contributed by atoms with Crippen molar-refractivity contribution in [3.63, 3.8) is 0 Å². The van der Waals surface area contributed by atoms with Crippen LogP contribution < -0.4 is 11.1 Å². The second kappa shape index (κ2) is 5.20. The minimum Gasteiger partial charge on any atom is -0.388 e. The topological polar surface area (TPSA) is 63.8 Å². The highest BCUT2D eigenvalue weighted by atomic mass is 32.1. The second-order valence-corrected chi connectivity index (χ2v) is 4.73. The van der Waals surface area contributed by atoms with Crippen LogP contribution in [0.3, 0.4) is 0 Å². The van der Waals surface area contributed by atoms with Crippen molar-refractivity contribution in [1.82, 2.24) is 9.97 Å². The van der Waals surface area contributed by atoms with E-state index in [2.05, 4.69) is 33.0 Å². The van der Waals surface area contributed by atoms with Crippen LogP contribution in [0.5, 0.6) is 0 Å². The smallest absolute Gasteiger partial charge is 0.155 e. The molecule has 0 unspecified atom stereocenters. The van der Waals surface area contributed by atoms with Gasteiger partial charge in [-0.15, -0.1) is 0 Å². The van der Waals surface area contributed by atoms with Gasteiger partial charge in [-0.05, 0) is 28.8 Å². The van der Waals surface area contributed by atoms with E-state index in [4.69, 9.17) is 18.0 Å². The Balaban J connectivity index is 2.14. The van der Waals surface area contributed by atoms with E-state index >= 15 is 0 Å². The van der Waals surface area contributed by atoms with Gasteiger partial charge in [0.25, 0.3) is 0 Å². The second-order valence-electron chi connectivity index (χ2n) is 3.55. The van der Waals surface area contributed by atoms with Crippen LogP contribution in [0.15, 0.2) is 23.2 Å². The van der Waals surface area contributed by atoms with Crippen molar-refractivity contribution in [1.29, 1.82) is 0 Å². The van der Waals surface area contributed by atoms with Gasteiger partial charge in [0.1, 0.15) is 10.7 Å². The number of hydrogen-bond acceptors (Lipinski definition) is 5. The minimum absolute atomic E-state index is 0.252. The number of anilines is 1. The molecule has 88 valence electrons. The Kier molecular flexibility index (Phi) is 3.65. The lowest BCUT2D eigenvalue weighted by molar-refractivity contribution is 1.07. The van der Waals surface area contributed by atoms with Crippen LogP contribution in [0, 0.1) is 6.92 Å². The average molecular weight is 264 g/mol. The number of hydrogen-bond donors (Lipinski definition) is 2. The molecule has 0 aromatic carbocycles. The summed E-state index contributed by atoms with van der Waals surface area (Å²) >= 11 is 6.61. The number of nitrogens with two attached hydrogens (primary N) is 1. The summed E-state index contributed by atoms with van der Waals surface area (Å²) in [5.74, 6) is 0.630. The van der Waals surface area contributed by atoms with E-state index in [9.17, 15) is 0 Å². The van der Waals surface area contributed by atoms with E-state index in [0.717, 1.165) is 0 Å². The summed E-state index contributed by atoms with van der Waals surface area (Å²) in [6.07, 6.45) is 3.19. The fourth-order valence-electron chi connectivity index (χ4n) is 1.39. The van der Waals surface area contributed by atoms with Gasteiger partial charge in [-0.3, -0.25) is 0 Å². The summed E-state index contributed by atoms with van der Waals surface area (Å²) in [5, 5.41) is 7.43. The molecule has 2 aromatic heterocycles. The van der Waals surface area contributed by atoms with Crippen LogP contribution in [0.1, 0.15) is 16.8 Å². The Morgan fingerprint density at radius 1 is 1.41 bits per heavy atom. The van der Waals surface area contributed by atoms with E-state index in [-0.39, 0.29) is 4.99 Å². The molecule has 0 fully saturated rings. The van der Waals surface area contributed by atoms with Gasteiger partial charge in [0, 0.05) is 18.9 Å². The number of rotatable bonds is 4. The monoisotopic (exact) mass is 264 g/mol. The molecule has 0 radical (unpaired) electrons. The van der Waals surface area contributed by atoms with E-state index in [1.165, 1.54) is 11.1 Å². The minimum atomic E-state index is 0.252. The van der Waals surface area contributed by atoms with E-state index < -0.39 is 0 Å². The lowest BCUT2D eigenvalue weighted by Gasteiger charge is -2.08. The van der Waals surface area contributed by atoms with Gasteiger partial charge in [0.15, 0.2) is 5.82 Å². The normalized spacial score (nSPS) is 10.2. The Morgan fingerprint density at radius 2 is 2.18 bits per heavy atom. The van der Waals surface area contributed by atoms with Crippen LogP contribution in [0.25, 0.3) is 0 Å². The third-order valence-corrected chi connectivity index (χ3v) is 3.44. The van der Waals surface area contributed by atoms with Crippen molar-refractivity contribution >= 4 is 34.4 Å². The van der Waals surface area contributed by atoms with Crippen molar-refractivity contribution in [2.24, 2.45) is 5.73 Å². The summed E-state index contributed by atoms with van der Waals surface area (Å²) in [6.45, 7) is 2.78. The Bertz CT molecular complexity index is 536. The molecule has 0 amide bonds. The van der Waals surface area contributed by atoms with Crippen molar-refractivity contribution in [3.05, 3.63) is 40.0 Å². The fraction of sp³-hybridized carbons (Fsp3) is 0.182. The van der Waals surface area contributed by atoms with Crippen LogP contribution >= 0.6 is 23.6 Å². The van der Waals surface area contributed by atoms with Gasteiger partial charge in [0.05, 0.1) is 0 Å². The molecular formula is C11H12N4S2. The number of aryl methyl sites for hydroxylation is 1. The number of thiocarbonyl (C=S) groups is 1. The molecule has 0 aliphatic heterocycles. The highest BCUT2D eigenvalue weighted by molar-refractivity contribution is 7.80. The predicted molar refractivity (Wildman–Crippen MR) is 74.3 cm³/mol. The molecule has 0 atom stereocenters. The van der Waals surface area contributed by atoms with Crippen LogP contribution in [-0.4, -0.2) is 15.0 Å². The predicted octanol–water partition coefficient (Wildman–Crippen LogP) is 2.09. The molecule has 0 aliphatic carbocycles.